The molecule has 0 fully saturated rings. The first-order valence-corrected chi connectivity index (χ1v) is 9.31. The summed E-state index contributed by atoms with van der Waals surface area (Å²) in [5.41, 5.74) is 4.43. The van der Waals surface area contributed by atoms with Gasteiger partial charge in [-0.1, -0.05) is 85.4 Å². The van der Waals surface area contributed by atoms with E-state index in [0.29, 0.717) is 13.0 Å². The topological polar surface area (TPSA) is 26.3 Å². The molecule has 0 atom stereocenters. The van der Waals surface area contributed by atoms with Gasteiger partial charge >= 0.3 is 0 Å². The minimum atomic E-state index is 0.0876. The number of ether oxygens (including phenoxy) is 1. The molecular weight excluding hydrogens is 332 g/mol. The number of rotatable bonds is 9. The largest absolute Gasteiger partial charge is 0.492 e. The van der Waals surface area contributed by atoms with Gasteiger partial charge in [-0.3, -0.25) is 4.79 Å². The van der Waals surface area contributed by atoms with Crippen molar-refractivity contribution in [2.45, 2.75) is 19.3 Å². The van der Waals surface area contributed by atoms with E-state index in [1.54, 1.807) is 0 Å². The molecule has 0 aliphatic rings. The van der Waals surface area contributed by atoms with Crippen LogP contribution in [0.15, 0.2) is 91.5 Å². The summed E-state index contributed by atoms with van der Waals surface area (Å²) in [6.45, 7) is 4.09. The van der Waals surface area contributed by atoms with Crippen molar-refractivity contribution in [3.05, 3.63) is 91.5 Å². The number of hydrogen-bond donors (Lipinski definition) is 0. The third-order valence-corrected chi connectivity index (χ3v) is 4.48. The molecule has 0 amide bonds. The molecule has 0 bridgehead atoms. The van der Waals surface area contributed by atoms with Gasteiger partial charge in [-0.05, 0) is 30.0 Å². The van der Waals surface area contributed by atoms with E-state index in [1.807, 2.05) is 36.4 Å². The van der Waals surface area contributed by atoms with E-state index in [-0.39, 0.29) is 5.78 Å². The maximum atomic E-state index is 11.4. The fraction of sp³-hybridized carbons (Fsp3) is 0.160. The minimum absolute atomic E-state index is 0.0876. The van der Waals surface area contributed by atoms with Gasteiger partial charge in [0.15, 0.2) is 5.78 Å². The Balaban J connectivity index is 1.86. The zero-order valence-corrected chi connectivity index (χ0v) is 15.4. The molecule has 0 N–H and O–H groups in total. The molecule has 0 aliphatic carbocycles. The molecule has 0 heterocycles. The average Bonchev–Trinajstić information content (AvgIpc) is 2.74. The van der Waals surface area contributed by atoms with Crippen molar-refractivity contribution in [2.75, 3.05) is 6.61 Å². The number of hydrogen-bond acceptors (Lipinski definition) is 2. The van der Waals surface area contributed by atoms with Crippen LogP contribution >= 0.6 is 0 Å². The lowest BCUT2D eigenvalue weighted by Crippen LogP contribution is -2.02. The minimum Gasteiger partial charge on any atom is -0.492 e. The highest BCUT2D eigenvalue weighted by Crippen LogP contribution is 2.39. The van der Waals surface area contributed by atoms with Gasteiger partial charge in [-0.15, -0.1) is 0 Å². The number of para-hydroxylation sites is 1. The van der Waals surface area contributed by atoms with Gasteiger partial charge in [-0.2, -0.15) is 0 Å². The van der Waals surface area contributed by atoms with E-state index >= 15 is 0 Å². The number of benzene rings is 3. The van der Waals surface area contributed by atoms with E-state index in [1.165, 1.54) is 6.08 Å². The molecule has 3 aromatic carbocycles. The van der Waals surface area contributed by atoms with Crippen LogP contribution in [0.25, 0.3) is 22.3 Å². The quantitative estimate of drug-likeness (QED) is 0.331. The van der Waals surface area contributed by atoms with Crippen molar-refractivity contribution in [3.8, 4) is 28.0 Å². The van der Waals surface area contributed by atoms with Gasteiger partial charge in [0, 0.05) is 17.5 Å². The summed E-state index contributed by atoms with van der Waals surface area (Å²) in [5, 5.41) is 0. The van der Waals surface area contributed by atoms with E-state index in [0.717, 1.165) is 40.8 Å². The second-order valence-corrected chi connectivity index (χ2v) is 6.39. The highest BCUT2D eigenvalue weighted by Gasteiger charge is 2.13. The van der Waals surface area contributed by atoms with E-state index in [2.05, 4.69) is 49.0 Å². The molecule has 0 spiro atoms. The van der Waals surface area contributed by atoms with Gasteiger partial charge in [-0.25, -0.2) is 0 Å². The Labute approximate surface area is 161 Å². The summed E-state index contributed by atoms with van der Waals surface area (Å²) in [6.07, 6.45) is 3.55. The highest BCUT2D eigenvalue weighted by atomic mass is 16.5. The summed E-state index contributed by atoms with van der Waals surface area (Å²) in [5.74, 6) is 0.981. The molecule has 2 nitrogen and oxygen atoms in total. The number of unbranched alkanes of at least 4 members (excludes halogenated alkanes) is 1. The normalized spacial score (nSPS) is 10.4. The molecule has 136 valence electrons. The summed E-state index contributed by atoms with van der Waals surface area (Å²) < 4.78 is 6.26. The predicted molar refractivity (Wildman–Crippen MR) is 112 cm³/mol. The molecule has 0 aliphatic heterocycles. The van der Waals surface area contributed by atoms with Crippen molar-refractivity contribution in [1.82, 2.24) is 0 Å². The van der Waals surface area contributed by atoms with Crippen LogP contribution in [-0.4, -0.2) is 12.4 Å². The lowest BCUT2D eigenvalue weighted by molar-refractivity contribution is -0.114. The lowest BCUT2D eigenvalue weighted by Gasteiger charge is -2.16. The molecule has 3 rings (SSSR count). The summed E-state index contributed by atoms with van der Waals surface area (Å²) in [6, 6.07) is 26.8. The van der Waals surface area contributed by atoms with Crippen LogP contribution in [0.5, 0.6) is 5.75 Å². The smallest absolute Gasteiger partial charge is 0.155 e. The third kappa shape index (κ3) is 4.95. The maximum absolute atomic E-state index is 11.4. The summed E-state index contributed by atoms with van der Waals surface area (Å²) in [4.78, 5) is 11.4. The first-order chi connectivity index (χ1) is 13.3. The van der Waals surface area contributed by atoms with Crippen LogP contribution in [0.2, 0.25) is 0 Å². The first-order valence-electron chi connectivity index (χ1n) is 9.31. The van der Waals surface area contributed by atoms with Gasteiger partial charge in [0.05, 0.1) is 6.61 Å². The van der Waals surface area contributed by atoms with E-state index in [4.69, 9.17) is 4.74 Å². The second kappa shape index (κ2) is 9.54. The van der Waals surface area contributed by atoms with Gasteiger partial charge in [0.1, 0.15) is 5.75 Å². The number of ketones is 1. The van der Waals surface area contributed by atoms with Gasteiger partial charge < -0.3 is 4.74 Å². The van der Waals surface area contributed by atoms with Crippen molar-refractivity contribution < 1.29 is 9.53 Å². The zero-order valence-electron chi connectivity index (χ0n) is 15.4. The van der Waals surface area contributed by atoms with E-state index < -0.39 is 0 Å². The standard InChI is InChI=1S/C25H24O2/c1-2-22(26)16-9-10-19-27-25-23(20-12-5-3-6-13-20)17-11-18-24(25)21-14-7-4-8-15-21/h2-8,11-15,17-18H,1,9-10,16,19H2. The Morgan fingerprint density at radius 2 is 1.33 bits per heavy atom. The molecule has 0 unspecified atom stereocenters. The lowest BCUT2D eigenvalue weighted by atomic mass is 9.97. The predicted octanol–water partition coefficient (Wildman–Crippen LogP) is 6.32. The average molecular weight is 356 g/mol. The number of allylic oxidation sites excluding steroid dienone is 1. The Kier molecular flexibility index (Phi) is 6.59. The number of carbonyl (C=O) groups excluding carboxylic acids is 1. The molecule has 0 saturated carbocycles. The van der Waals surface area contributed by atoms with Crippen LogP contribution < -0.4 is 4.74 Å². The summed E-state index contributed by atoms with van der Waals surface area (Å²) in [7, 11) is 0. The van der Waals surface area contributed by atoms with Crippen LogP contribution in [0.4, 0.5) is 0 Å². The third-order valence-electron chi connectivity index (χ3n) is 4.48. The van der Waals surface area contributed by atoms with Crippen molar-refractivity contribution in [1.29, 1.82) is 0 Å². The molecule has 27 heavy (non-hydrogen) atoms. The molecule has 0 aromatic heterocycles. The Bertz CT molecular complexity index is 825. The second-order valence-electron chi connectivity index (χ2n) is 6.39. The maximum Gasteiger partial charge on any atom is 0.155 e. The molecule has 0 radical (unpaired) electrons. The van der Waals surface area contributed by atoms with E-state index in [9.17, 15) is 4.79 Å². The van der Waals surface area contributed by atoms with Gasteiger partial charge in [0.25, 0.3) is 0 Å². The monoisotopic (exact) mass is 356 g/mol. The highest BCUT2D eigenvalue weighted by molar-refractivity contribution is 5.88. The SMILES string of the molecule is C=CC(=O)CCCCOc1c(-c2ccccc2)cccc1-c1ccccc1. The van der Waals surface area contributed by atoms with Crippen molar-refractivity contribution in [2.24, 2.45) is 0 Å². The molecular formula is C25H24O2. The van der Waals surface area contributed by atoms with Crippen molar-refractivity contribution in [3.63, 3.8) is 0 Å². The van der Waals surface area contributed by atoms with Crippen LogP contribution in [0.1, 0.15) is 19.3 Å². The fourth-order valence-corrected chi connectivity index (χ4v) is 3.06. The van der Waals surface area contributed by atoms with Crippen molar-refractivity contribution >= 4 is 5.78 Å². The molecule has 0 saturated heterocycles. The van der Waals surface area contributed by atoms with Crippen LogP contribution in [-0.2, 0) is 4.79 Å². The van der Waals surface area contributed by atoms with Gasteiger partial charge in [0.2, 0.25) is 0 Å². The molecule has 2 heteroatoms. The Morgan fingerprint density at radius 1 is 0.778 bits per heavy atom. The van der Waals surface area contributed by atoms with Crippen LogP contribution in [0.3, 0.4) is 0 Å². The molecule has 3 aromatic rings. The Hall–Kier alpha value is -3.13. The zero-order chi connectivity index (χ0) is 18.9. The first kappa shape index (κ1) is 18.7. The summed E-state index contributed by atoms with van der Waals surface area (Å²) >= 11 is 0. The Morgan fingerprint density at radius 3 is 1.85 bits per heavy atom. The number of carbonyl (C=O) groups is 1. The van der Waals surface area contributed by atoms with Crippen LogP contribution in [0, 0.1) is 0 Å². The fourth-order valence-electron chi connectivity index (χ4n) is 3.06.